The Morgan fingerprint density at radius 3 is 2.79 bits per heavy atom. The van der Waals surface area contributed by atoms with Gasteiger partial charge in [-0.05, 0) is 35.6 Å². The van der Waals surface area contributed by atoms with Gasteiger partial charge in [-0.1, -0.05) is 0 Å². The number of fused-ring (bicyclic) bond motifs is 1. The van der Waals surface area contributed by atoms with Crippen LogP contribution >= 0.6 is 11.3 Å². The van der Waals surface area contributed by atoms with Crippen molar-refractivity contribution in [2.24, 2.45) is 0 Å². The maximum atomic E-state index is 12.6. The number of nitrogens with zero attached hydrogens (tertiary/aromatic N) is 3. The third-order valence-corrected chi connectivity index (χ3v) is 7.83. The summed E-state index contributed by atoms with van der Waals surface area (Å²) >= 11 is 1.74. The average molecular weight is 423 g/mol. The molecule has 0 radical (unpaired) electrons. The second-order valence-corrected chi connectivity index (χ2v) is 9.62. The average Bonchev–Trinajstić information content (AvgIpc) is 3.21. The Labute approximate surface area is 168 Å². The third kappa shape index (κ3) is 4.04. The maximum Gasteiger partial charge on any atom is 0.244 e. The first-order valence-electron chi connectivity index (χ1n) is 9.15. The summed E-state index contributed by atoms with van der Waals surface area (Å²) in [7, 11) is -3.56. The molecule has 0 spiro atoms. The Balaban J connectivity index is 1.34. The van der Waals surface area contributed by atoms with E-state index in [1.54, 1.807) is 17.4 Å². The lowest BCUT2D eigenvalue weighted by Gasteiger charge is -2.27. The lowest BCUT2D eigenvalue weighted by Crippen LogP contribution is -2.40. The highest BCUT2D eigenvalue weighted by Crippen LogP contribution is 2.24. The van der Waals surface area contributed by atoms with Crippen LogP contribution in [0.1, 0.15) is 10.4 Å². The van der Waals surface area contributed by atoms with E-state index in [9.17, 15) is 13.2 Å². The van der Waals surface area contributed by atoms with Crippen molar-refractivity contribution in [2.75, 3.05) is 44.7 Å². The molecule has 0 unspecified atom stereocenters. The zero-order valence-electron chi connectivity index (χ0n) is 15.3. The van der Waals surface area contributed by atoms with E-state index >= 15 is 0 Å². The van der Waals surface area contributed by atoms with Crippen molar-refractivity contribution in [2.45, 2.75) is 17.9 Å². The zero-order chi connectivity index (χ0) is 19.6. The van der Waals surface area contributed by atoms with E-state index < -0.39 is 10.0 Å². The van der Waals surface area contributed by atoms with Crippen LogP contribution in [-0.2, 0) is 32.5 Å². The number of carbonyl (C=O) groups is 1. The molecule has 4 heterocycles. The summed E-state index contributed by atoms with van der Waals surface area (Å²) in [6.45, 7) is 2.98. The predicted octanol–water partition coefficient (Wildman–Crippen LogP) is 1.16. The van der Waals surface area contributed by atoms with Crippen LogP contribution in [0.2, 0.25) is 0 Å². The first kappa shape index (κ1) is 19.3. The van der Waals surface area contributed by atoms with Crippen molar-refractivity contribution < 1.29 is 17.9 Å². The van der Waals surface area contributed by atoms with Crippen LogP contribution in [0, 0.1) is 0 Å². The van der Waals surface area contributed by atoms with Gasteiger partial charge in [-0.15, -0.1) is 11.3 Å². The summed E-state index contributed by atoms with van der Waals surface area (Å²) in [5, 5.41) is 5.05. The minimum Gasteiger partial charge on any atom is -0.379 e. The van der Waals surface area contributed by atoms with Crippen LogP contribution in [0.15, 0.2) is 34.7 Å². The number of amides is 1. The van der Waals surface area contributed by atoms with Gasteiger partial charge >= 0.3 is 0 Å². The van der Waals surface area contributed by atoms with Crippen molar-refractivity contribution in [3.8, 4) is 0 Å². The van der Waals surface area contributed by atoms with Crippen LogP contribution in [0.3, 0.4) is 0 Å². The second-order valence-electron chi connectivity index (χ2n) is 6.68. The summed E-state index contributed by atoms with van der Waals surface area (Å²) in [5.74, 6) is 0.478. The largest absolute Gasteiger partial charge is 0.379 e. The maximum absolute atomic E-state index is 12.6. The first-order valence-corrected chi connectivity index (χ1v) is 11.5. The van der Waals surface area contributed by atoms with Gasteiger partial charge < -0.3 is 15.0 Å². The van der Waals surface area contributed by atoms with Gasteiger partial charge in [-0.3, -0.25) is 4.79 Å². The second kappa shape index (κ2) is 8.16. The van der Waals surface area contributed by atoms with Crippen LogP contribution in [0.4, 0.5) is 5.82 Å². The smallest absolute Gasteiger partial charge is 0.244 e. The molecule has 2 aromatic heterocycles. The Bertz CT molecular complexity index is 937. The molecular weight excluding hydrogens is 400 g/mol. The summed E-state index contributed by atoms with van der Waals surface area (Å²) in [6.07, 6.45) is 2.22. The highest BCUT2D eigenvalue weighted by atomic mass is 32.2. The fraction of sp³-hybridized carbons (Fsp3) is 0.444. The van der Waals surface area contributed by atoms with E-state index in [-0.39, 0.29) is 17.3 Å². The molecule has 1 saturated heterocycles. The van der Waals surface area contributed by atoms with Crippen molar-refractivity contribution in [3.05, 3.63) is 40.2 Å². The topological polar surface area (TPSA) is 91.8 Å². The van der Waals surface area contributed by atoms with Crippen LogP contribution in [-0.4, -0.2) is 67.9 Å². The van der Waals surface area contributed by atoms with Gasteiger partial charge in [0.2, 0.25) is 15.9 Å². The number of hydrogen-bond donors (Lipinski definition) is 1. The lowest BCUT2D eigenvalue weighted by atomic mass is 10.1. The highest BCUT2D eigenvalue weighted by Gasteiger charge is 2.26. The number of thiophene rings is 1. The van der Waals surface area contributed by atoms with E-state index in [2.05, 4.69) is 21.7 Å². The molecule has 10 heteroatoms. The van der Waals surface area contributed by atoms with Crippen molar-refractivity contribution >= 4 is 33.1 Å². The summed E-state index contributed by atoms with van der Waals surface area (Å²) in [6, 6.07) is 5.18. The van der Waals surface area contributed by atoms with Crippen molar-refractivity contribution in [1.82, 2.24) is 14.2 Å². The van der Waals surface area contributed by atoms with Crippen molar-refractivity contribution in [3.63, 3.8) is 0 Å². The number of anilines is 1. The molecule has 0 atom stereocenters. The van der Waals surface area contributed by atoms with E-state index in [1.807, 2.05) is 4.90 Å². The van der Waals surface area contributed by atoms with E-state index in [0.717, 1.165) is 13.0 Å². The highest BCUT2D eigenvalue weighted by molar-refractivity contribution is 7.89. The number of rotatable bonds is 5. The fourth-order valence-electron chi connectivity index (χ4n) is 3.31. The molecule has 0 aliphatic carbocycles. The Morgan fingerprint density at radius 2 is 2.04 bits per heavy atom. The fourth-order valence-corrected chi connectivity index (χ4v) is 5.56. The minimum absolute atomic E-state index is 0.00339. The van der Waals surface area contributed by atoms with Gasteiger partial charge in [0.1, 0.15) is 10.7 Å². The van der Waals surface area contributed by atoms with Gasteiger partial charge in [-0.25, -0.2) is 13.4 Å². The molecule has 4 rings (SSSR count). The quantitative estimate of drug-likeness (QED) is 0.778. The molecule has 1 fully saturated rings. The zero-order valence-corrected chi connectivity index (χ0v) is 17.0. The molecule has 28 heavy (non-hydrogen) atoms. The molecule has 0 bridgehead atoms. The summed E-state index contributed by atoms with van der Waals surface area (Å²) < 4.78 is 31.8. The number of sulfonamides is 1. The molecule has 2 aliphatic heterocycles. The molecule has 150 valence electrons. The molecule has 0 aromatic carbocycles. The van der Waals surface area contributed by atoms with Crippen LogP contribution < -0.4 is 5.32 Å². The number of hydrogen-bond acceptors (Lipinski definition) is 7. The Kier molecular flexibility index (Phi) is 5.63. The number of carbonyl (C=O) groups excluding carboxylic acids is 1. The molecule has 1 N–H and O–H groups in total. The Hall–Kier alpha value is -2.01. The molecule has 1 amide bonds. The summed E-state index contributed by atoms with van der Waals surface area (Å²) in [4.78, 5) is 20.0. The monoisotopic (exact) mass is 422 g/mol. The van der Waals surface area contributed by atoms with E-state index in [4.69, 9.17) is 4.74 Å². The number of aromatic nitrogens is 1. The molecule has 2 aromatic rings. The predicted molar refractivity (Wildman–Crippen MR) is 106 cm³/mol. The molecule has 8 nitrogen and oxygen atoms in total. The van der Waals surface area contributed by atoms with Crippen molar-refractivity contribution in [1.29, 1.82) is 0 Å². The normalized spacial score (nSPS) is 17.9. The van der Waals surface area contributed by atoms with Gasteiger partial charge in [0.15, 0.2) is 0 Å². The summed E-state index contributed by atoms with van der Waals surface area (Å²) in [5.41, 5.74) is 1.22. The standard InChI is InChI=1S/C18H22N4O4S2/c23-18(21-5-3-16-14(13-21)4-10-27-16)12-20-17-2-1-15(11-19-17)28(24,25)22-6-8-26-9-7-22/h1-2,4,10-11H,3,5-9,12-13H2,(H,19,20). The van der Waals surface area contributed by atoms with Crippen LogP contribution in [0.5, 0.6) is 0 Å². The first-order chi connectivity index (χ1) is 13.5. The molecule has 2 aliphatic rings. The molecule has 0 saturated carbocycles. The van der Waals surface area contributed by atoms with E-state index in [1.165, 1.54) is 27.0 Å². The van der Waals surface area contributed by atoms with Gasteiger partial charge in [0.25, 0.3) is 0 Å². The number of ether oxygens (including phenoxy) is 1. The lowest BCUT2D eigenvalue weighted by molar-refractivity contribution is -0.130. The van der Waals surface area contributed by atoms with Gasteiger partial charge in [-0.2, -0.15) is 4.31 Å². The van der Waals surface area contributed by atoms with Crippen LogP contribution in [0.25, 0.3) is 0 Å². The van der Waals surface area contributed by atoms with Gasteiger partial charge in [0.05, 0.1) is 19.8 Å². The third-order valence-electron chi connectivity index (χ3n) is 4.93. The van der Waals surface area contributed by atoms with E-state index in [0.29, 0.717) is 38.7 Å². The number of morpholine rings is 1. The molecular formula is C18H22N4O4S2. The minimum atomic E-state index is -3.56. The Morgan fingerprint density at radius 1 is 1.21 bits per heavy atom. The number of pyridine rings is 1. The number of nitrogens with one attached hydrogen (secondary N) is 1. The SMILES string of the molecule is O=C(CNc1ccc(S(=O)(=O)N2CCOCC2)cn1)N1CCc2sccc2C1. The van der Waals surface area contributed by atoms with Gasteiger partial charge in [0, 0.05) is 37.3 Å².